The number of nitrogen functional groups attached to an aromatic ring is 1. The van der Waals surface area contributed by atoms with Crippen LogP contribution in [-0.4, -0.2) is 88.3 Å². The van der Waals surface area contributed by atoms with Crippen molar-refractivity contribution in [2.45, 2.75) is 45.6 Å². The zero-order chi connectivity index (χ0) is 32.5. The molecule has 2 rings (SSSR count). The van der Waals surface area contributed by atoms with Crippen LogP contribution < -0.4 is 32.2 Å². The van der Waals surface area contributed by atoms with Crippen LogP contribution in [0.15, 0.2) is 48.5 Å². The first kappa shape index (κ1) is 39.1. The Bertz CT molecular complexity index is 1070. The molecule has 2 aromatic rings. The summed E-state index contributed by atoms with van der Waals surface area (Å²) < 4.78 is 19.5. The van der Waals surface area contributed by atoms with E-state index >= 15 is 0 Å². The van der Waals surface area contributed by atoms with Crippen LogP contribution in [0.2, 0.25) is 0 Å². The first-order valence-electron chi connectivity index (χ1n) is 14.6. The first-order valence-corrected chi connectivity index (χ1v) is 14.6. The molecule has 0 fully saturated rings. The molecule has 0 aliphatic carbocycles. The van der Waals surface area contributed by atoms with Crippen molar-refractivity contribution in [3.8, 4) is 5.75 Å². The molecule has 1 atom stereocenters. The van der Waals surface area contributed by atoms with Gasteiger partial charge >= 0.3 is 0 Å². The number of carbonyl (C=O) groups is 3. The van der Waals surface area contributed by atoms with Crippen molar-refractivity contribution in [1.29, 1.82) is 5.41 Å². The van der Waals surface area contributed by atoms with Crippen LogP contribution in [0.5, 0.6) is 5.75 Å². The van der Waals surface area contributed by atoms with Gasteiger partial charge < -0.3 is 41.8 Å². The van der Waals surface area contributed by atoms with E-state index in [1.54, 1.807) is 20.2 Å². The van der Waals surface area contributed by atoms with Gasteiger partial charge in [0.25, 0.3) is 0 Å². The second-order valence-electron chi connectivity index (χ2n) is 9.19. The van der Waals surface area contributed by atoms with Crippen LogP contribution in [0, 0.1) is 11.2 Å². The summed E-state index contributed by atoms with van der Waals surface area (Å²) in [5, 5.41) is 15.7. The van der Waals surface area contributed by atoms with Crippen molar-refractivity contribution in [3.05, 3.63) is 65.5 Å². The summed E-state index contributed by atoms with van der Waals surface area (Å²) in [4.78, 5) is 36.0. The van der Waals surface area contributed by atoms with Crippen LogP contribution in [-0.2, 0) is 20.8 Å². The Labute approximate surface area is 255 Å². The number of hydrogen-bond acceptors (Lipinski definition) is 8. The summed E-state index contributed by atoms with van der Waals surface area (Å²) in [7, 11) is 3.28. The molecule has 0 aromatic heterocycles. The number of aldehydes is 1. The predicted molar refractivity (Wildman–Crippen MR) is 170 cm³/mol. The van der Waals surface area contributed by atoms with E-state index in [0.29, 0.717) is 57.4 Å². The number of nitrogens with two attached hydrogens (primary N) is 2. The molecule has 0 aliphatic heterocycles. The fourth-order valence-electron chi connectivity index (χ4n) is 3.71. The number of nitrogens with zero attached hydrogens (tertiary/aromatic N) is 1. The monoisotopic (exact) mass is 603 g/mol. The van der Waals surface area contributed by atoms with Crippen LogP contribution in [0.4, 0.5) is 4.39 Å². The summed E-state index contributed by atoms with van der Waals surface area (Å²) >= 11 is 0. The van der Waals surface area contributed by atoms with E-state index in [1.165, 1.54) is 17.0 Å². The largest absolute Gasteiger partial charge is 0.492 e. The van der Waals surface area contributed by atoms with Gasteiger partial charge in [-0.05, 0) is 50.9 Å². The summed E-state index contributed by atoms with van der Waals surface area (Å²) in [5.41, 5.74) is 12.4. The normalized spacial score (nSPS) is 10.7. The van der Waals surface area contributed by atoms with E-state index in [-0.39, 0.29) is 37.3 Å². The molecule has 0 radical (unpaired) electrons. The predicted octanol–water partition coefficient (Wildman–Crippen LogP) is 1.82. The lowest BCUT2D eigenvalue weighted by atomic mass is 10.1. The summed E-state index contributed by atoms with van der Waals surface area (Å²) in [5.74, 6) is -0.0960. The fourth-order valence-corrected chi connectivity index (χ4v) is 3.71. The number of amides is 2. The van der Waals surface area contributed by atoms with E-state index < -0.39 is 11.9 Å². The van der Waals surface area contributed by atoms with Gasteiger partial charge in [0, 0.05) is 31.8 Å². The Kier molecular flexibility index (Phi) is 22.5. The van der Waals surface area contributed by atoms with Crippen molar-refractivity contribution in [3.63, 3.8) is 0 Å². The van der Waals surface area contributed by atoms with Gasteiger partial charge in [-0.3, -0.25) is 15.0 Å². The van der Waals surface area contributed by atoms with E-state index in [0.717, 1.165) is 11.1 Å². The highest BCUT2D eigenvalue weighted by atomic mass is 19.1. The lowest BCUT2D eigenvalue weighted by molar-refractivity contribution is -0.134. The Morgan fingerprint density at radius 3 is 2.40 bits per heavy atom. The minimum Gasteiger partial charge on any atom is -0.492 e. The molecule has 43 heavy (non-hydrogen) atoms. The highest BCUT2D eigenvalue weighted by molar-refractivity contribution is 5.94. The van der Waals surface area contributed by atoms with Gasteiger partial charge in [-0.25, -0.2) is 4.39 Å². The van der Waals surface area contributed by atoms with Crippen molar-refractivity contribution < 1.29 is 23.5 Å². The van der Waals surface area contributed by atoms with Gasteiger partial charge in [0.2, 0.25) is 11.8 Å². The number of aryl methyl sites for hydroxylation is 1. The molecular formula is C31H50FN7O4. The van der Waals surface area contributed by atoms with Gasteiger partial charge in [0.05, 0.1) is 19.1 Å². The molecular weight excluding hydrogens is 553 g/mol. The Hall–Kier alpha value is -3.87. The third kappa shape index (κ3) is 17.6. The quantitative estimate of drug-likeness (QED) is 0.0647. The molecule has 0 heterocycles. The highest BCUT2D eigenvalue weighted by Gasteiger charge is 2.20. The minimum absolute atomic E-state index is 0.0260. The molecule has 240 valence electrons. The number of amidine groups is 1. The number of likely N-dealkylation sites (N-methyl/N-ethyl adjacent to an activating group) is 2. The SMILES string of the molecule is CC.CNCC(=O)NCCCc1ccc(F)cc1OCCNC(CCCN)C(=O)N(C)CC=O.N=C(N)c1ccccc1. The van der Waals surface area contributed by atoms with Crippen molar-refractivity contribution >= 4 is 23.9 Å². The molecule has 8 N–H and O–H groups in total. The maximum absolute atomic E-state index is 13.7. The average Bonchev–Trinajstić information content (AvgIpc) is 3.01. The number of nitrogens with one attached hydrogen (secondary N) is 4. The summed E-state index contributed by atoms with van der Waals surface area (Å²) in [6.07, 6.45) is 3.20. The Morgan fingerprint density at radius 1 is 1.12 bits per heavy atom. The van der Waals surface area contributed by atoms with Gasteiger partial charge in [-0.1, -0.05) is 50.2 Å². The number of hydrogen-bond donors (Lipinski definition) is 6. The van der Waals surface area contributed by atoms with Gasteiger partial charge in [-0.15, -0.1) is 0 Å². The second-order valence-corrected chi connectivity index (χ2v) is 9.19. The number of carbonyl (C=O) groups excluding carboxylic acids is 3. The molecule has 0 saturated heterocycles. The van der Waals surface area contributed by atoms with Crippen LogP contribution >= 0.6 is 0 Å². The first-order chi connectivity index (χ1) is 20.7. The highest BCUT2D eigenvalue weighted by Crippen LogP contribution is 2.21. The van der Waals surface area contributed by atoms with Crippen molar-refractivity contribution in [1.82, 2.24) is 20.9 Å². The molecule has 0 spiro atoms. The van der Waals surface area contributed by atoms with E-state index in [2.05, 4.69) is 16.0 Å². The Morgan fingerprint density at radius 2 is 1.81 bits per heavy atom. The maximum atomic E-state index is 13.7. The molecule has 12 heteroatoms. The standard InChI is InChI=1S/C22H36FN5O4.C7H8N2.C2H6/c1-25-16-21(30)27-10-4-5-17-7-8-18(23)15-20(17)32-14-11-26-19(6-3-9-24)22(31)28(2)12-13-29;8-7(9)6-4-2-1-3-5-6;1-2/h7-8,13,15,19,25-26H,3-6,9-12,14,16,24H2,1-2H3,(H,27,30);1-5H,(H3,8,9);1-2H3. The lowest BCUT2D eigenvalue weighted by Crippen LogP contribution is -2.46. The lowest BCUT2D eigenvalue weighted by Gasteiger charge is -2.23. The number of rotatable bonds is 18. The van der Waals surface area contributed by atoms with Gasteiger partial charge in [-0.2, -0.15) is 0 Å². The van der Waals surface area contributed by atoms with E-state index in [9.17, 15) is 18.8 Å². The van der Waals surface area contributed by atoms with Crippen LogP contribution in [0.1, 0.15) is 44.2 Å². The van der Waals surface area contributed by atoms with Gasteiger partial charge in [0.15, 0.2) is 0 Å². The van der Waals surface area contributed by atoms with Crippen molar-refractivity contribution in [2.24, 2.45) is 11.5 Å². The van der Waals surface area contributed by atoms with E-state index in [1.807, 2.05) is 44.2 Å². The number of ether oxygens (including phenoxy) is 1. The molecule has 11 nitrogen and oxygen atoms in total. The van der Waals surface area contributed by atoms with Crippen LogP contribution in [0.3, 0.4) is 0 Å². The zero-order valence-corrected chi connectivity index (χ0v) is 26.0. The molecule has 0 aliphatic rings. The summed E-state index contributed by atoms with van der Waals surface area (Å²) in [6.45, 7) is 5.86. The number of benzene rings is 2. The third-order valence-corrected chi connectivity index (χ3v) is 5.87. The third-order valence-electron chi connectivity index (χ3n) is 5.87. The minimum atomic E-state index is -0.472. The van der Waals surface area contributed by atoms with Crippen molar-refractivity contribution in [2.75, 3.05) is 53.4 Å². The van der Waals surface area contributed by atoms with Crippen LogP contribution in [0.25, 0.3) is 0 Å². The van der Waals surface area contributed by atoms with E-state index in [4.69, 9.17) is 21.6 Å². The maximum Gasteiger partial charge on any atom is 0.239 e. The molecule has 2 aromatic carbocycles. The Balaban J connectivity index is 0.00000134. The zero-order valence-electron chi connectivity index (χ0n) is 26.0. The number of halogens is 1. The van der Waals surface area contributed by atoms with Gasteiger partial charge in [0.1, 0.15) is 30.3 Å². The molecule has 2 amide bonds. The molecule has 0 bridgehead atoms. The fraction of sp³-hybridized carbons (Fsp3) is 0.484. The average molecular weight is 604 g/mol. The topological polar surface area (TPSA) is 176 Å². The second kappa shape index (κ2) is 24.7. The smallest absolute Gasteiger partial charge is 0.239 e. The molecule has 1 unspecified atom stereocenters. The summed E-state index contributed by atoms with van der Waals surface area (Å²) in [6, 6.07) is 13.1. The molecule has 0 saturated carbocycles.